The Labute approximate surface area is 135 Å². The molecule has 1 fully saturated rings. The highest BCUT2D eigenvalue weighted by atomic mass is 19.1. The van der Waals surface area contributed by atoms with Gasteiger partial charge < -0.3 is 14.5 Å². The lowest BCUT2D eigenvalue weighted by Crippen LogP contribution is -2.47. The SMILES string of the molecule is CN(c1ncc(F)cc1F)C1CCN(C(=O)OC(C)(C)C)CC1. The maximum atomic E-state index is 13.8. The molecule has 0 aliphatic carbocycles. The lowest BCUT2D eigenvalue weighted by atomic mass is 10.0. The maximum absolute atomic E-state index is 13.8. The molecular weight excluding hydrogens is 304 g/mol. The molecule has 1 aromatic rings. The summed E-state index contributed by atoms with van der Waals surface area (Å²) in [6.07, 6.45) is 2.03. The van der Waals surface area contributed by atoms with Gasteiger partial charge in [-0.25, -0.2) is 18.6 Å². The Kier molecular flexibility index (Phi) is 5.06. The van der Waals surface area contributed by atoms with Gasteiger partial charge in [0.05, 0.1) is 6.20 Å². The smallest absolute Gasteiger partial charge is 0.410 e. The van der Waals surface area contributed by atoms with Crippen LogP contribution in [0, 0.1) is 11.6 Å². The van der Waals surface area contributed by atoms with Crippen LogP contribution in [0.5, 0.6) is 0 Å². The standard InChI is InChI=1S/C16H23F2N3O2/c1-16(2,3)23-15(22)21-7-5-12(6-8-21)20(4)14-13(18)9-11(17)10-19-14/h9-10,12H,5-8H2,1-4H3. The van der Waals surface area contributed by atoms with Gasteiger partial charge in [0.25, 0.3) is 0 Å². The number of anilines is 1. The summed E-state index contributed by atoms with van der Waals surface area (Å²) in [6.45, 7) is 6.55. The minimum Gasteiger partial charge on any atom is -0.444 e. The van der Waals surface area contributed by atoms with Gasteiger partial charge in [-0.1, -0.05) is 0 Å². The largest absolute Gasteiger partial charge is 0.444 e. The van der Waals surface area contributed by atoms with Gasteiger partial charge in [-0.15, -0.1) is 0 Å². The van der Waals surface area contributed by atoms with E-state index in [0.29, 0.717) is 25.9 Å². The van der Waals surface area contributed by atoms with Crippen LogP contribution in [0.15, 0.2) is 12.3 Å². The van der Waals surface area contributed by atoms with Crippen LogP contribution >= 0.6 is 0 Å². The Balaban J connectivity index is 1.95. The fraction of sp³-hybridized carbons (Fsp3) is 0.625. The Morgan fingerprint density at radius 2 is 1.96 bits per heavy atom. The average Bonchev–Trinajstić information content (AvgIpc) is 2.45. The summed E-state index contributed by atoms with van der Waals surface area (Å²) >= 11 is 0. The van der Waals surface area contributed by atoms with E-state index in [1.54, 1.807) is 16.8 Å². The highest BCUT2D eigenvalue weighted by Gasteiger charge is 2.29. The van der Waals surface area contributed by atoms with Gasteiger partial charge >= 0.3 is 6.09 Å². The number of aromatic nitrogens is 1. The van der Waals surface area contributed by atoms with E-state index in [1.165, 1.54) is 0 Å². The molecule has 2 heterocycles. The molecule has 2 rings (SSSR count). The van der Waals surface area contributed by atoms with E-state index in [2.05, 4.69) is 4.98 Å². The summed E-state index contributed by atoms with van der Waals surface area (Å²) in [4.78, 5) is 19.2. The van der Waals surface area contributed by atoms with Crippen LogP contribution in [-0.4, -0.2) is 47.8 Å². The van der Waals surface area contributed by atoms with Gasteiger partial charge in [0.1, 0.15) is 11.4 Å². The summed E-state index contributed by atoms with van der Waals surface area (Å²) in [6, 6.07) is 0.871. The predicted molar refractivity (Wildman–Crippen MR) is 83.4 cm³/mol. The van der Waals surface area contributed by atoms with Crippen molar-refractivity contribution in [3.05, 3.63) is 23.9 Å². The minimum absolute atomic E-state index is 0.0427. The lowest BCUT2D eigenvalue weighted by molar-refractivity contribution is 0.0205. The number of carbonyl (C=O) groups excluding carboxylic acids is 1. The molecule has 0 radical (unpaired) electrons. The number of halogens is 2. The van der Waals surface area contributed by atoms with E-state index >= 15 is 0 Å². The molecule has 23 heavy (non-hydrogen) atoms. The molecule has 5 nitrogen and oxygen atoms in total. The van der Waals surface area contributed by atoms with Crippen LogP contribution in [-0.2, 0) is 4.74 Å². The third kappa shape index (κ3) is 4.53. The van der Waals surface area contributed by atoms with Crippen molar-refractivity contribution in [1.29, 1.82) is 0 Å². The molecule has 1 saturated heterocycles. The molecule has 1 aliphatic heterocycles. The van der Waals surface area contributed by atoms with E-state index < -0.39 is 17.2 Å². The molecule has 0 unspecified atom stereocenters. The fourth-order valence-corrected chi connectivity index (χ4v) is 2.60. The first-order valence-electron chi connectivity index (χ1n) is 7.69. The number of nitrogens with zero attached hydrogens (tertiary/aromatic N) is 3. The van der Waals surface area contributed by atoms with Crippen molar-refractivity contribution in [3.63, 3.8) is 0 Å². The van der Waals surface area contributed by atoms with Crippen LogP contribution in [0.2, 0.25) is 0 Å². The highest BCUT2D eigenvalue weighted by molar-refractivity contribution is 5.68. The molecule has 1 aromatic heterocycles. The summed E-state index contributed by atoms with van der Waals surface area (Å²) < 4.78 is 32.1. The van der Waals surface area contributed by atoms with Crippen LogP contribution in [0.1, 0.15) is 33.6 Å². The number of amides is 1. The number of likely N-dealkylation sites (tertiary alicyclic amines) is 1. The van der Waals surface area contributed by atoms with Gasteiger partial charge in [0.2, 0.25) is 0 Å². The topological polar surface area (TPSA) is 45.7 Å². The molecule has 128 valence electrons. The predicted octanol–water partition coefficient (Wildman–Crippen LogP) is 3.20. The van der Waals surface area contributed by atoms with Gasteiger partial charge in [-0.2, -0.15) is 0 Å². The van der Waals surface area contributed by atoms with Crippen molar-refractivity contribution >= 4 is 11.9 Å². The van der Waals surface area contributed by atoms with Crippen LogP contribution in [0.4, 0.5) is 19.4 Å². The van der Waals surface area contributed by atoms with Crippen molar-refractivity contribution in [1.82, 2.24) is 9.88 Å². The molecule has 0 N–H and O–H groups in total. The van der Waals surface area contributed by atoms with Crippen molar-refractivity contribution < 1.29 is 18.3 Å². The zero-order chi connectivity index (χ0) is 17.2. The van der Waals surface area contributed by atoms with Gasteiger partial charge in [0, 0.05) is 32.2 Å². The average molecular weight is 327 g/mol. The fourth-order valence-electron chi connectivity index (χ4n) is 2.60. The van der Waals surface area contributed by atoms with E-state index in [1.807, 2.05) is 20.8 Å². The Bertz CT molecular complexity index is 567. The first kappa shape index (κ1) is 17.4. The van der Waals surface area contributed by atoms with Crippen molar-refractivity contribution in [3.8, 4) is 0 Å². The Morgan fingerprint density at radius 1 is 1.35 bits per heavy atom. The molecule has 0 bridgehead atoms. The van der Waals surface area contributed by atoms with Gasteiger partial charge in [-0.3, -0.25) is 0 Å². The monoisotopic (exact) mass is 327 g/mol. The zero-order valence-corrected chi connectivity index (χ0v) is 14.0. The molecule has 0 aromatic carbocycles. The Morgan fingerprint density at radius 3 is 2.48 bits per heavy atom. The number of piperidine rings is 1. The van der Waals surface area contributed by atoms with Gasteiger partial charge in [0.15, 0.2) is 11.6 Å². The summed E-state index contributed by atoms with van der Waals surface area (Å²) in [5.74, 6) is -1.25. The summed E-state index contributed by atoms with van der Waals surface area (Å²) in [7, 11) is 1.73. The van der Waals surface area contributed by atoms with E-state index in [4.69, 9.17) is 4.74 Å². The summed E-state index contributed by atoms with van der Waals surface area (Å²) in [5.41, 5.74) is -0.522. The molecule has 0 atom stereocenters. The number of ether oxygens (including phenoxy) is 1. The zero-order valence-electron chi connectivity index (χ0n) is 14.0. The molecule has 7 heteroatoms. The first-order chi connectivity index (χ1) is 10.7. The second-order valence-corrected chi connectivity index (χ2v) is 6.77. The maximum Gasteiger partial charge on any atom is 0.410 e. The number of hydrogen-bond acceptors (Lipinski definition) is 4. The third-order valence-electron chi connectivity index (χ3n) is 3.79. The number of rotatable bonds is 2. The van der Waals surface area contributed by atoms with Crippen molar-refractivity contribution in [2.24, 2.45) is 0 Å². The minimum atomic E-state index is -0.695. The number of hydrogen-bond donors (Lipinski definition) is 0. The van der Waals surface area contributed by atoms with Crippen molar-refractivity contribution in [2.45, 2.75) is 45.3 Å². The van der Waals surface area contributed by atoms with E-state index in [-0.39, 0.29) is 18.0 Å². The first-order valence-corrected chi connectivity index (χ1v) is 7.69. The van der Waals surface area contributed by atoms with Crippen LogP contribution < -0.4 is 4.90 Å². The number of carbonyl (C=O) groups is 1. The third-order valence-corrected chi connectivity index (χ3v) is 3.79. The Hall–Kier alpha value is -1.92. The second kappa shape index (κ2) is 6.68. The second-order valence-electron chi connectivity index (χ2n) is 6.77. The molecule has 0 spiro atoms. The quantitative estimate of drug-likeness (QED) is 0.837. The highest BCUT2D eigenvalue weighted by Crippen LogP contribution is 2.24. The summed E-state index contributed by atoms with van der Waals surface area (Å²) in [5, 5.41) is 0. The molecule has 1 aliphatic rings. The van der Waals surface area contributed by atoms with Crippen LogP contribution in [0.3, 0.4) is 0 Å². The molecule has 0 saturated carbocycles. The lowest BCUT2D eigenvalue weighted by Gasteiger charge is -2.37. The van der Waals surface area contributed by atoms with Crippen LogP contribution in [0.25, 0.3) is 0 Å². The molecular formula is C16H23F2N3O2. The van der Waals surface area contributed by atoms with E-state index in [0.717, 1.165) is 12.3 Å². The number of pyridine rings is 1. The van der Waals surface area contributed by atoms with E-state index in [9.17, 15) is 13.6 Å². The molecule has 1 amide bonds. The van der Waals surface area contributed by atoms with Crippen molar-refractivity contribution in [2.75, 3.05) is 25.0 Å². The normalized spacial score (nSPS) is 16.3. The van der Waals surface area contributed by atoms with Gasteiger partial charge in [-0.05, 0) is 33.6 Å².